The van der Waals surface area contributed by atoms with Gasteiger partial charge in [0.1, 0.15) is 5.82 Å². The summed E-state index contributed by atoms with van der Waals surface area (Å²) < 4.78 is 12.2. The van der Waals surface area contributed by atoms with E-state index in [2.05, 4.69) is 4.98 Å². The summed E-state index contributed by atoms with van der Waals surface area (Å²) in [4.78, 5) is 15.6. The third-order valence-electron chi connectivity index (χ3n) is 4.12. The van der Waals surface area contributed by atoms with E-state index in [-0.39, 0.29) is 5.12 Å². The first-order chi connectivity index (χ1) is 10.6. The molecule has 124 valence electrons. The van der Waals surface area contributed by atoms with Crippen molar-refractivity contribution in [2.24, 2.45) is 0 Å². The highest BCUT2D eigenvalue weighted by Crippen LogP contribution is 2.39. The zero-order valence-electron chi connectivity index (χ0n) is 14.3. The lowest BCUT2D eigenvalue weighted by Crippen LogP contribution is -2.41. The number of anilines is 1. The van der Waals surface area contributed by atoms with Crippen molar-refractivity contribution in [2.75, 3.05) is 11.5 Å². The van der Waals surface area contributed by atoms with Gasteiger partial charge in [-0.3, -0.25) is 4.79 Å². The molecule has 0 saturated carbocycles. The lowest BCUT2D eigenvalue weighted by atomic mass is 9.78. The largest absolute Gasteiger partial charge is 0.491 e. The van der Waals surface area contributed by atoms with Crippen LogP contribution in [-0.4, -0.2) is 34.2 Å². The predicted molar refractivity (Wildman–Crippen MR) is 95.8 cm³/mol. The van der Waals surface area contributed by atoms with Crippen LogP contribution in [-0.2, 0) is 14.1 Å². The van der Waals surface area contributed by atoms with E-state index in [1.165, 1.54) is 11.8 Å². The van der Waals surface area contributed by atoms with Gasteiger partial charge < -0.3 is 15.0 Å². The number of hydrogen-bond donors (Lipinski definition) is 1. The van der Waals surface area contributed by atoms with E-state index >= 15 is 0 Å². The van der Waals surface area contributed by atoms with Crippen LogP contribution in [0, 0.1) is 0 Å². The monoisotopic (exact) mass is 334 g/mol. The van der Waals surface area contributed by atoms with Gasteiger partial charge in [0.15, 0.2) is 5.12 Å². The zero-order chi connectivity index (χ0) is 17.3. The maximum atomic E-state index is 11.3. The van der Waals surface area contributed by atoms with Crippen LogP contribution in [0.25, 0.3) is 6.08 Å². The third kappa shape index (κ3) is 4.37. The van der Waals surface area contributed by atoms with Crippen LogP contribution in [0.4, 0.5) is 5.82 Å². The summed E-state index contributed by atoms with van der Waals surface area (Å²) in [5, 5.41) is 0.0490. The molecule has 0 aromatic carbocycles. The van der Waals surface area contributed by atoms with Crippen LogP contribution in [0.5, 0.6) is 0 Å². The lowest BCUT2D eigenvalue weighted by molar-refractivity contribution is -0.109. The Balaban J connectivity index is 2.30. The van der Waals surface area contributed by atoms with Gasteiger partial charge in [0.2, 0.25) is 0 Å². The second kappa shape index (κ2) is 6.67. The minimum absolute atomic E-state index is 0.0490. The predicted octanol–water partition coefficient (Wildman–Crippen LogP) is 2.96. The first-order valence-electron chi connectivity index (χ1n) is 7.53. The molecular weight excluding hydrogens is 311 g/mol. The van der Waals surface area contributed by atoms with Gasteiger partial charge in [0, 0.05) is 12.7 Å². The molecule has 1 saturated heterocycles. The Kier molecular flexibility index (Phi) is 5.23. The van der Waals surface area contributed by atoms with Crippen LogP contribution in [0.3, 0.4) is 0 Å². The van der Waals surface area contributed by atoms with E-state index in [1.54, 1.807) is 13.0 Å². The molecule has 0 radical (unpaired) electrons. The Labute approximate surface area is 142 Å². The van der Waals surface area contributed by atoms with Crippen molar-refractivity contribution in [3.63, 3.8) is 0 Å². The van der Waals surface area contributed by atoms with Crippen molar-refractivity contribution in [1.82, 2.24) is 4.98 Å². The van der Waals surface area contributed by atoms with Gasteiger partial charge in [0.05, 0.1) is 16.9 Å². The summed E-state index contributed by atoms with van der Waals surface area (Å²) in [6, 6.07) is 5.43. The molecule has 2 rings (SSSR count). The average molecular weight is 334 g/mol. The highest BCUT2D eigenvalue weighted by molar-refractivity contribution is 8.13. The standard InChI is InChI=1S/C16H23BN2O3S/c1-11(20)23-10-12(9-13-7-6-8-14(18)19-13)17-21-15(2,3)16(4,5)22-17/h6-9H,10H2,1-5H3,(H2,18,19). The number of hydrogen-bond acceptors (Lipinski definition) is 6. The summed E-state index contributed by atoms with van der Waals surface area (Å²) >= 11 is 1.22. The summed E-state index contributed by atoms with van der Waals surface area (Å²) in [5.41, 5.74) is 6.46. The number of rotatable bonds is 4. The molecule has 1 fully saturated rings. The number of thioether (sulfide) groups is 1. The van der Waals surface area contributed by atoms with Crippen molar-refractivity contribution in [2.45, 2.75) is 45.8 Å². The van der Waals surface area contributed by atoms with Gasteiger partial charge in [-0.25, -0.2) is 4.98 Å². The number of carbonyl (C=O) groups excluding carboxylic acids is 1. The molecule has 0 unspecified atom stereocenters. The fourth-order valence-electron chi connectivity index (χ4n) is 2.10. The highest BCUT2D eigenvalue weighted by Gasteiger charge is 2.52. The molecule has 0 spiro atoms. The van der Waals surface area contributed by atoms with Crippen molar-refractivity contribution in [3.8, 4) is 0 Å². The maximum absolute atomic E-state index is 11.3. The van der Waals surface area contributed by atoms with E-state index in [4.69, 9.17) is 15.0 Å². The smallest absolute Gasteiger partial charge is 0.400 e. The Morgan fingerprint density at radius 3 is 2.43 bits per heavy atom. The molecule has 0 atom stereocenters. The molecule has 2 heterocycles. The van der Waals surface area contributed by atoms with Crippen LogP contribution in [0.1, 0.15) is 40.3 Å². The van der Waals surface area contributed by atoms with Gasteiger partial charge in [-0.05, 0) is 51.4 Å². The lowest BCUT2D eigenvalue weighted by Gasteiger charge is -2.32. The Morgan fingerprint density at radius 2 is 1.91 bits per heavy atom. The summed E-state index contributed by atoms with van der Waals surface area (Å²) in [5.74, 6) is 0.939. The number of nitrogens with zero attached hydrogens (tertiary/aromatic N) is 1. The van der Waals surface area contributed by atoms with Crippen LogP contribution >= 0.6 is 11.8 Å². The van der Waals surface area contributed by atoms with Gasteiger partial charge in [-0.15, -0.1) is 0 Å². The van der Waals surface area contributed by atoms with Crippen LogP contribution < -0.4 is 5.73 Å². The molecule has 0 bridgehead atoms. The molecule has 1 aromatic rings. The van der Waals surface area contributed by atoms with Gasteiger partial charge in [-0.2, -0.15) is 0 Å². The van der Waals surface area contributed by atoms with E-state index in [0.29, 0.717) is 11.6 Å². The SMILES string of the molecule is CC(=O)SCC(=Cc1cccc(N)n1)B1OC(C)(C)C(C)(C)O1. The van der Waals surface area contributed by atoms with Crippen LogP contribution in [0.2, 0.25) is 0 Å². The summed E-state index contributed by atoms with van der Waals surface area (Å²) in [6.45, 7) is 9.55. The van der Waals surface area contributed by atoms with Crippen molar-refractivity contribution in [3.05, 3.63) is 29.4 Å². The highest BCUT2D eigenvalue weighted by atomic mass is 32.2. The second-order valence-corrected chi connectivity index (χ2v) is 7.73. The van der Waals surface area contributed by atoms with Crippen molar-refractivity contribution >= 4 is 35.9 Å². The third-order valence-corrected chi connectivity index (χ3v) is 5.01. The summed E-state index contributed by atoms with van der Waals surface area (Å²) in [7, 11) is -0.505. The molecule has 0 amide bonds. The Bertz CT molecular complexity index is 616. The second-order valence-electron chi connectivity index (χ2n) is 6.58. The van der Waals surface area contributed by atoms with E-state index < -0.39 is 18.3 Å². The first kappa shape index (κ1) is 18.0. The molecule has 2 N–H and O–H groups in total. The molecule has 1 aromatic heterocycles. The van der Waals surface area contributed by atoms with E-state index in [9.17, 15) is 4.79 Å². The molecule has 7 heteroatoms. The minimum Gasteiger partial charge on any atom is -0.400 e. The fraction of sp³-hybridized carbons (Fsp3) is 0.500. The van der Waals surface area contributed by atoms with E-state index in [1.807, 2.05) is 45.9 Å². The van der Waals surface area contributed by atoms with Gasteiger partial charge >= 0.3 is 7.12 Å². The minimum atomic E-state index is -0.505. The quantitative estimate of drug-likeness (QED) is 0.854. The molecular formula is C16H23BN2O3S. The zero-order valence-corrected chi connectivity index (χ0v) is 15.1. The molecule has 0 aliphatic carbocycles. The average Bonchev–Trinajstić information content (AvgIpc) is 2.63. The Morgan fingerprint density at radius 1 is 1.30 bits per heavy atom. The number of nitrogen functional groups attached to an aromatic ring is 1. The van der Waals surface area contributed by atoms with Crippen molar-refractivity contribution < 1.29 is 14.1 Å². The van der Waals surface area contributed by atoms with Crippen LogP contribution in [0.15, 0.2) is 23.7 Å². The maximum Gasteiger partial charge on any atom is 0.491 e. The number of pyridine rings is 1. The van der Waals surface area contributed by atoms with Gasteiger partial charge in [0.25, 0.3) is 0 Å². The number of carbonyl (C=O) groups is 1. The van der Waals surface area contributed by atoms with Gasteiger partial charge in [-0.1, -0.05) is 17.8 Å². The topological polar surface area (TPSA) is 74.4 Å². The Hall–Kier alpha value is -1.31. The van der Waals surface area contributed by atoms with Crippen molar-refractivity contribution in [1.29, 1.82) is 0 Å². The molecule has 5 nitrogen and oxygen atoms in total. The fourth-order valence-corrected chi connectivity index (χ4v) is 2.69. The number of aromatic nitrogens is 1. The molecule has 23 heavy (non-hydrogen) atoms. The van der Waals surface area contributed by atoms with E-state index in [0.717, 1.165) is 11.2 Å². The summed E-state index contributed by atoms with van der Waals surface area (Å²) in [6.07, 6.45) is 1.88. The first-order valence-corrected chi connectivity index (χ1v) is 8.51. The molecule has 1 aliphatic heterocycles. The molecule has 1 aliphatic rings. The number of nitrogens with two attached hydrogens (primary N) is 1. The normalized spacial score (nSPS) is 19.9.